The molecule has 2 aromatic rings. The smallest absolute Gasteiger partial charge is 0.231 e. The van der Waals surface area contributed by atoms with Gasteiger partial charge < -0.3 is 10.1 Å². The van der Waals surface area contributed by atoms with Crippen molar-refractivity contribution in [2.75, 3.05) is 11.9 Å². The third-order valence-corrected chi connectivity index (χ3v) is 4.39. The Bertz CT molecular complexity index is 681. The molecule has 1 saturated heterocycles. The number of carbonyl (C=O) groups is 1. The van der Waals surface area contributed by atoms with Gasteiger partial charge in [0, 0.05) is 19.9 Å². The quantitative estimate of drug-likeness (QED) is 0.907. The number of aromatic nitrogens is 4. The summed E-state index contributed by atoms with van der Waals surface area (Å²) in [4.78, 5) is 12.6. The number of amides is 1. The number of H-pyrrole nitrogens is 1. The molecule has 7 nitrogen and oxygen atoms in total. The van der Waals surface area contributed by atoms with Crippen molar-refractivity contribution < 1.29 is 9.53 Å². The first-order chi connectivity index (χ1) is 10.6. The van der Waals surface area contributed by atoms with E-state index in [-0.39, 0.29) is 17.9 Å². The summed E-state index contributed by atoms with van der Waals surface area (Å²) in [7, 11) is 1.84. The molecule has 8 heteroatoms. The summed E-state index contributed by atoms with van der Waals surface area (Å²) in [5, 5.41) is 14.1. The zero-order chi connectivity index (χ0) is 15.7. The van der Waals surface area contributed by atoms with Crippen LogP contribution in [0.5, 0.6) is 0 Å². The molecule has 1 aliphatic heterocycles. The van der Waals surface area contributed by atoms with Crippen molar-refractivity contribution in [3.63, 3.8) is 0 Å². The summed E-state index contributed by atoms with van der Waals surface area (Å²) in [5.41, 5.74) is 1.62. The van der Waals surface area contributed by atoms with E-state index >= 15 is 0 Å². The number of hydrogen-bond acceptors (Lipinski definition) is 4. The summed E-state index contributed by atoms with van der Waals surface area (Å²) >= 11 is 6.10. The molecule has 118 valence electrons. The Morgan fingerprint density at radius 3 is 3.05 bits per heavy atom. The van der Waals surface area contributed by atoms with E-state index in [2.05, 4.69) is 20.6 Å². The molecule has 2 N–H and O–H groups in total. The average molecular weight is 324 g/mol. The normalized spacial score (nSPS) is 21.8. The summed E-state index contributed by atoms with van der Waals surface area (Å²) in [6.07, 6.45) is 3.00. The summed E-state index contributed by atoms with van der Waals surface area (Å²) < 4.78 is 7.57. The molecule has 0 radical (unpaired) electrons. The number of nitrogens with zero attached hydrogens (tertiary/aromatic N) is 3. The first-order valence-corrected chi connectivity index (χ1v) is 7.56. The Labute approximate surface area is 133 Å². The molecule has 2 aromatic heterocycles. The van der Waals surface area contributed by atoms with Gasteiger partial charge in [-0.2, -0.15) is 10.2 Å². The highest BCUT2D eigenvalue weighted by atomic mass is 35.5. The Balaban J connectivity index is 1.80. The molecule has 3 heterocycles. The maximum Gasteiger partial charge on any atom is 0.231 e. The lowest BCUT2D eigenvalue weighted by atomic mass is 9.91. The molecule has 1 fully saturated rings. The third-order valence-electron chi connectivity index (χ3n) is 3.92. The molecule has 22 heavy (non-hydrogen) atoms. The van der Waals surface area contributed by atoms with Gasteiger partial charge in [0.05, 0.1) is 17.3 Å². The highest BCUT2D eigenvalue weighted by molar-refractivity contribution is 6.34. The molecule has 0 saturated carbocycles. The van der Waals surface area contributed by atoms with Crippen LogP contribution in [-0.2, 0) is 16.6 Å². The third kappa shape index (κ3) is 2.74. The van der Waals surface area contributed by atoms with Crippen LogP contribution in [0.15, 0.2) is 12.3 Å². The second-order valence-corrected chi connectivity index (χ2v) is 5.80. The largest absolute Gasteiger partial charge is 0.371 e. The van der Waals surface area contributed by atoms with Crippen LogP contribution in [0, 0.1) is 12.8 Å². The minimum atomic E-state index is -0.305. The van der Waals surface area contributed by atoms with Crippen molar-refractivity contribution in [1.29, 1.82) is 0 Å². The molecule has 3 rings (SSSR count). The number of aromatic amines is 1. The van der Waals surface area contributed by atoms with E-state index in [9.17, 15) is 4.79 Å². The summed E-state index contributed by atoms with van der Waals surface area (Å²) in [6, 6.07) is 1.88. The number of hydrogen-bond donors (Lipinski definition) is 2. The monoisotopic (exact) mass is 323 g/mol. The van der Waals surface area contributed by atoms with Crippen LogP contribution in [0.2, 0.25) is 5.02 Å². The van der Waals surface area contributed by atoms with E-state index in [0.29, 0.717) is 17.4 Å². The van der Waals surface area contributed by atoms with Crippen molar-refractivity contribution in [2.24, 2.45) is 13.0 Å². The van der Waals surface area contributed by atoms with Gasteiger partial charge in [0.2, 0.25) is 5.91 Å². The lowest BCUT2D eigenvalue weighted by molar-refractivity contribution is -0.129. The van der Waals surface area contributed by atoms with Crippen LogP contribution in [0.25, 0.3) is 0 Å². The SMILES string of the molecule is Cc1[nH]nc(NC(=O)[C@@H]2CCCO[C@H]2c2ccnn2C)c1Cl. The molecule has 0 aliphatic carbocycles. The fraction of sp³-hybridized carbons (Fsp3) is 0.500. The number of aryl methyl sites for hydroxylation is 2. The van der Waals surface area contributed by atoms with Crippen molar-refractivity contribution >= 4 is 23.3 Å². The van der Waals surface area contributed by atoms with E-state index in [1.807, 2.05) is 13.1 Å². The molecule has 0 aromatic carbocycles. The van der Waals surface area contributed by atoms with E-state index in [0.717, 1.165) is 24.2 Å². The summed E-state index contributed by atoms with van der Waals surface area (Å²) in [5.74, 6) is -0.0741. The lowest BCUT2D eigenvalue weighted by Crippen LogP contribution is -2.34. The molecule has 1 aliphatic rings. The lowest BCUT2D eigenvalue weighted by Gasteiger charge is -2.30. The number of ether oxygens (including phenoxy) is 1. The standard InChI is InChI=1S/C14H18ClN5O2/c1-8-11(15)13(19-18-8)17-14(21)9-4-3-7-22-12(9)10-5-6-16-20(10)2/h5-6,9,12H,3-4,7H2,1-2H3,(H2,17,18,19,21)/t9-,12-/m1/s1. The Morgan fingerprint density at radius 2 is 2.41 bits per heavy atom. The van der Waals surface area contributed by atoms with Crippen molar-refractivity contribution in [2.45, 2.75) is 25.9 Å². The van der Waals surface area contributed by atoms with Crippen LogP contribution in [0.3, 0.4) is 0 Å². The van der Waals surface area contributed by atoms with Gasteiger partial charge in [0.1, 0.15) is 11.1 Å². The fourth-order valence-corrected chi connectivity index (χ4v) is 2.84. The highest BCUT2D eigenvalue weighted by Crippen LogP contribution is 2.34. The van der Waals surface area contributed by atoms with Gasteiger partial charge in [-0.3, -0.25) is 14.6 Å². The predicted molar refractivity (Wildman–Crippen MR) is 81.6 cm³/mol. The Hall–Kier alpha value is -1.86. The van der Waals surface area contributed by atoms with E-state index in [1.165, 1.54) is 0 Å². The second kappa shape index (κ2) is 6.10. The number of nitrogens with one attached hydrogen (secondary N) is 2. The zero-order valence-corrected chi connectivity index (χ0v) is 13.2. The number of halogens is 1. The van der Waals surface area contributed by atoms with Crippen LogP contribution in [-0.4, -0.2) is 32.5 Å². The van der Waals surface area contributed by atoms with Gasteiger partial charge in [-0.15, -0.1) is 0 Å². The number of rotatable bonds is 3. The Morgan fingerprint density at radius 1 is 1.59 bits per heavy atom. The van der Waals surface area contributed by atoms with Crippen LogP contribution >= 0.6 is 11.6 Å². The van der Waals surface area contributed by atoms with E-state index in [4.69, 9.17) is 16.3 Å². The molecular formula is C14H18ClN5O2. The zero-order valence-electron chi connectivity index (χ0n) is 12.5. The van der Waals surface area contributed by atoms with Crippen LogP contribution < -0.4 is 5.32 Å². The van der Waals surface area contributed by atoms with E-state index in [1.54, 1.807) is 17.8 Å². The second-order valence-electron chi connectivity index (χ2n) is 5.42. The molecule has 2 atom stereocenters. The number of anilines is 1. The topological polar surface area (TPSA) is 84.8 Å². The van der Waals surface area contributed by atoms with Crippen molar-refractivity contribution in [1.82, 2.24) is 20.0 Å². The van der Waals surface area contributed by atoms with Gasteiger partial charge in [0.15, 0.2) is 5.82 Å². The Kier molecular flexibility index (Phi) is 4.17. The van der Waals surface area contributed by atoms with Gasteiger partial charge >= 0.3 is 0 Å². The molecule has 1 amide bonds. The fourth-order valence-electron chi connectivity index (χ4n) is 2.71. The van der Waals surface area contributed by atoms with Gasteiger partial charge in [-0.1, -0.05) is 11.6 Å². The maximum atomic E-state index is 12.6. The first-order valence-electron chi connectivity index (χ1n) is 7.18. The molecule has 0 spiro atoms. The average Bonchev–Trinajstić information content (AvgIpc) is 3.08. The minimum absolute atomic E-state index is 0.140. The first kappa shape index (κ1) is 15.1. The van der Waals surface area contributed by atoms with Gasteiger partial charge in [0.25, 0.3) is 0 Å². The predicted octanol–water partition coefficient (Wildman–Crippen LogP) is 2.21. The maximum absolute atomic E-state index is 12.6. The van der Waals surface area contributed by atoms with Crippen LogP contribution in [0.1, 0.15) is 30.3 Å². The van der Waals surface area contributed by atoms with Gasteiger partial charge in [-0.25, -0.2) is 0 Å². The molecular weight excluding hydrogens is 306 g/mol. The van der Waals surface area contributed by atoms with Crippen molar-refractivity contribution in [3.8, 4) is 0 Å². The molecule has 0 bridgehead atoms. The highest BCUT2D eigenvalue weighted by Gasteiger charge is 2.35. The van der Waals surface area contributed by atoms with Crippen molar-refractivity contribution in [3.05, 3.63) is 28.7 Å². The van der Waals surface area contributed by atoms with E-state index < -0.39 is 0 Å². The summed E-state index contributed by atoms with van der Waals surface area (Å²) in [6.45, 7) is 2.44. The number of carbonyl (C=O) groups excluding carboxylic acids is 1. The molecule has 0 unspecified atom stereocenters. The van der Waals surface area contributed by atoms with Gasteiger partial charge in [-0.05, 0) is 25.8 Å². The minimum Gasteiger partial charge on any atom is -0.371 e. The van der Waals surface area contributed by atoms with Crippen LogP contribution in [0.4, 0.5) is 5.82 Å².